The lowest BCUT2D eigenvalue weighted by Crippen LogP contribution is -2.38. The molecule has 0 aromatic heterocycles. The number of hydrogen-bond acceptors (Lipinski definition) is 4. The van der Waals surface area contributed by atoms with E-state index in [0.717, 1.165) is 38.1 Å². The van der Waals surface area contributed by atoms with Crippen molar-refractivity contribution in [1.29, 1.82) is 0 Å². The van der Waals surface area contributed by atoms with Crippen LogP contribution in [0, 0.1) is 0 Å². The van der Waals surface area contributed by atoms with E-state index in [9.17, 15) is 13.2 Å². The molecule has 1 aromatic rings. The Kier molecular flexibility index (Phi) is 6.31. The first-order valence-electron chi connectivity index (χ1n) is 9.27. The maximum absolute atomic E-state index is 12.7. The third-order valence-corrected chi connectivity index (χ3v) is 5.07. The Balaban J connectivity index is 1.72. The fourth-order valence-electron chi connectivity index (χ4n) is 3.20. The Morgan fingerprint density at radius 2 is 1.89 bits per heavy atom. The average Bonchev–Trinajstić information content (AvgIpc) is 3.27. The molecule has 0 unspecified atom stereocenters. The molecular weight excluding hydrogens is 391 g/mol. The molecule has 0 bridgehead atoms. The molecule has 2 fully saturated rings. The van der Waals surface area contributed by atoms with Crippen molar-refractivity contribution < 1.29 is 27.4 Å². The van der Waals surface area contributed by atoms with Crippen LogP contribution in [0.3, 0.4) is 0 Å². The molecule has 3 rings (SSSR count). The zero-order valence-corrected chi connectivity index (χ0v) is 16.7. The highest BCUT2D eigenvalue weighted by molar-refractivity contribution is 7.80. The molecule has 154 valence electrons. The molecule has 28 heavy (non-hydrogen) atoms. The third kappa shape index (κ3) is 5.46. The van der Waals surface area contributed by atoms with Gasteiger partial charge in [-0.25, -0.2) is 0 Å². The zero-order chi connectivity index (χ0) is 20.4. The van der Waals surface area contributed by atoms with Gasteiger partial charge in [0, 0.05) is 13.1 Å². The van der Waals surface area contributed by atoms with E-state index in [1.165, 1.54) is 12.1 Å². The van der Waals surface area contributed by atoms with Crippen LogP contribution in [0.2, 0.25) is 0 Å². The number of alkyl halides is 3. The minimum absolute atomic E-state index is 0.345. The summed E-state index contributed by atoms with van der Waals surface area (Å²) in [5.74, 6) is -0.719. The minimum Gasteiger partial charge on any atom is -0.460 e. The second kappa shape index (κ2) is 8.39. The van der Waals surface area contributed by atoms with E-state index in [1.807, 2.05) is 18.7 Å². The summed E-state index contributed by atoms with van der Waals surface area (Å²) in [6, 6.07) is 4.96. The van der Waals surface area contributed by atoms with Crippen molar-refractivity contribution in [3.63, 3.8) is 0 Å². The number of ether oxygens (including phenoxy) is 3. The standard InChI is InChI=1S/C20H24F3NO3S/c1-19(2)25-13-17(27-19)16(26-18(28)24-11-3-4-12-24)10-7-14-5-8-15(9-6-14)20(21,22)23/h5-10,16-17H,3-4,11-13H2,1-2H3/b10-7+/t16-,17+/m0/s1. The van der Waals surface area contributed by atoms with Crippen molar-refractivity contribution in [2.24, 2.45) is 0 Å². The van der Waals surface area contributed by atoms with E-state index in [-0.39, 0.29) is 6.10 Å². The molecule has 0 saturated carbocycles. The molecule has 2 aliphatic rings. The summed E-state index contributed by atoms with van der Waals surface area (Å²) in [6.07, 6.45) is 0.415. The van der Waals surface area contributed by atoms with Gasteiger partial charge in [0.2, 0.25) is 0 Å². The lowest BCUT2D eigenvalue weighted by molar-refractivity contribution is -0.146. The van der Waals surface area contributed by atoms with Crippen molar-refractivity contribution >= 4 is 23.5 Å². The van der Waals surface area contributed by atoms with Crippen molar-refractivity contribution in [1.82, 2.24) is 4.90 Å². The highest BCUT2D eigenvalue weighted by Crippen LogP contribution is 2.30. The second-order valence-electron chi connectivity index (χ2n) is 7.39. The predicted octanol–water partition coefficient (Wildman–Crippen LogP) is 4.64. The van der Waals surface area contributed by atoms with E-state index < -0.39 is 23.6 Å². The minimum atomic E-state index is -4.35. The molecule has 0 amide bonds. The molecule has 0 radical (unpaired) electrons. The van der Waals surface area contributed by atoms with Crippen molar-refractivity contribution in [2.75, 3.05) is 19.7 Å². The van der Waals surface area contributed by atoms with E-state index >= 15 is 0 Å². The van der Waals surface area contributed by atoms with Gasteiger partial charge in [0.15, 0.2) is 5.79 Å². The molecular formula is C20H24F3NO3S. The summed E-state index contributed by atoms with van der Waals surface area (Å²) in [4.78, 5) is 2.01. The molecule has 2 atom stereocenters. The molecule has 0 N–H and O–H groups in total. The second-order valence-corrected chi connectivity index (χ2v) is 7.74. The third-order valence-electron chi connectivity index (χ3n) is 4.71. The van der Waals surface area contributed by atoms with Gasteiger partial charge in [-0.05, 0) is 62.7 Å². The lowest BCUT2D eigenvalue weighted by atomic mass is 10.1. The topological polar surface area (TPSA) is 30.9 Å². The Labute approximate surface area is 168 Å². The van der Waals surface area contributed by atoms with Gasteiger partial charge < -0.3 is 19.1 Å². The van der Waals surface area contributed by atoms with Crippen LogP contribution in [0.4, 0.5) is 13.2 Å². The van der Waals surface area contributed by atoms with E-state index in [4.69, 9.17) is 26.4 Å². The van der Waals surface area contributed by atoms with Crippen LogP contribution in [0.25, 0.3) is 6.08 Å². The largest absolute Gasteiger partial charge is 0.460 e. The van der Waals surface area contributed by atoms with Gasteiger partial charge in [-0.2, -0.15) is 13.2 Å². The maximum Gasteiger partial charge on any atom is 0.416 e. The highest BCUT2D eigenvalue weighted by Gasteiger charge is 2.38. The summed E-state index contributed by atoms with van der Waals surface area (Å²) in [5, 5.41) is 0.410. The smallest absolute Gasteiger partial charge is 0.416 e. The number of likely N-dealkylation sites (tertiary alicyclic amines) is 1. The summed E-state index contributed by atoms with van der Waals surface area (Å²) in [6.45, 7) is 5.71. The van der Waals surface area contributed by atoms with Crippen molar-refractivity contribution in [2.45, 2.75) is 50.9 Å². The zero-order valence-electron chi connectivity index (χ0n) is 15.9. The first kappa shape index (κ1) is 21.1. The fraction of sp³-hybridized carbons (Fsp3) is 0.550. The highest BCUT2D eigenvalue weighted by atomic mass is 32.1. The Hall–Kier alpha value is -1.64. The number of nitrogens with zero attached hydrogens (tertiary/aromatic N) is 1. The van der Waals surface area contributed by atoms with Crippen LogP contribution in [0.15, 0.2) is 30.3 Å². The van der Waals surface area contributed by atoms with Crippen LogP contribution in [-0.4, -0.2) is 47.8 Å². The summed E-state index contributed by atoms with van der Waals surface area (Å²) in [5.41, 5.74) is -0.0474. The van der Waals surface area contributed by atoms with E-state index in [0.29, 0.717) is 17.3 Å². The molecule has 0 aliphatic carbocycles. The number of thiocarbonyl (C=S) groups is 1. The molecule has 0 spiro atoms. The summed E-state index contributed by atoms with van der Waals surface area (Å²) < 4.78 is 55.7. The fourth-order valence-corrected chi connectivity index (χ4v) is 3.49. The van der Waals surface area contributed by atoms with Gasteiger partial charge in [-0.3, -0.25) is 0 Å². The molecule has 2 heterocycles. The maximum atomic E-state index is 12.7. The normalized spacial score (nSPS) is 23.3. The molecule has 4 nitrogen and oxygen atoms in total. The van der Waals surface area contributed by atoms with Gasteiger partial charge in [0.1, 0.15) is 12.2 Å². The first-order chi connectivity index (χ1) is 13.1. The Morgan fingerprint density at radius 1 is 1.25 bits per heavy atom. The number of benzene rings is 1. The van der Waals surface area contributed by atoms with Crippen LogP contribution in [0.5, 0.6) is 0 Å². The predicted molar refractivity (Wildman–Crippen MR) is 104 cm³/mol. The van der Waals surface area contributed by atoms with Gasteiger partial charge in [-0.1, -0.05) is 18.2 Å². The average molecular weight is 415 g/mol. The number of rotatable bonds is 4. The van der Waals surface area contributed by atoms with Gasteiger partial charge in [0.25, 0.3) is 5.17 Å². The first-order valence-corrected chi connectivity index (χ1v) is 9.68. The summed E-state index contributed by atoms with van der Waals surface area (Å²) in [7, 11) is 0. The lowest BCUT2D eigenvalue weighted by Gasteiger charge is -2.26. The number of halogens is 3. The molecule has 2 aliphatic heterocycles. The van der Waals surface area contributed by atoms with Gasteiger partial charge in [-0.15, -0.1) is 0 Å². The van der Waals surface area contributed by atoms with Gasteiger partial charge in [0.05, 0.1) is 12.2 Å². The monoisotopic (exact) mass is 415 g/mol. The molecule has 8 heteroatoms. The summed E-state index contributed by atoms with van der Waals surface area (Å²) >= 11 is 5.42. The quantitative estimate of drug-likeness (QED) is 0.669. The SMILES string of the molecule is CC1(C)OC[C@H]([C@H](/C=C/c2ccc(C(F)(F)F)cc2)OC(=S)N2CCCC2)O1. The van der Waals surface area contributed by atoms with Crippen LogP contribution in [0.1, 0.15) is 37.8 Å². The number of hydrogen-bond donors (Lipinski definition) is 0. The van der Waals surface area contributed by atoms with E-state index in [1.54, 1.807) is 12.2 Å². The Morgan fingerprint density at radius 3 is 2.43 bits per heavy atom. The molecule has 2 saturated heterocycles. The van der Waals surface area contributed by atoms with Crippen LogP contribution < -0.4 is 0 Å². The van der Waals surface area contributed by atoms with E-state index in [2.05, 4.69) is 0 Å². The van der Waals surface area contributed by atoms with Gasteiger partial charge >= 0.3 is 6.18 Å². The van der Waals surface area contributed by atoms with Crippen molar-refractivity contribution in [3.8, 4) is 0 Å². The van der Waals surface area contributed by atoms with Crippen LogP contribution >= 0.6 is 12.2 Å². The van der Waals surface area contributed by atoms with Crippen LogP contribution in [-0.2, 0) is 20.4 Å². The van der Waals surface area contributed by atoms with Crippen molar-refractivity contribution in [3.05, 3.63) is 41.5 Å². The Bertz CT molecular complexity index is 712. The molecule has 1 aromatic carbocycles.